The molecule has 7 nitrogen and oxygen atoms in total. The number of nitrogens with zero attached hydrogens (tertiary/aromatic N) is 3. The predicted molar refractivity (Wildman–Crippen MR) is 90.1 cm³/mol. The van der Waals surface area contributed by atoms with E-state index in [2.05, 4.69) is 27.1 Å². The molecule has 124 valence electrons. The van der Waals surface area contributed by atoms with Gasteiger partial charge in [0.05, 0.1) is 5.69 Å². The Morgan fingerprint density at radius 2 is 2.29 bits per heavy atom. The molecular weight excluding hydrogens is 306 g/mol. The fourth-order valence-corrected chi connectivity index (χ4v) is 2.93. The molecule has 0 radical (unpaired) electrons. The number of aryl methyl sites for hydroxylation is 1. The van der Waals surface area contributed by atoms with E-state index >= 15 is 0 Å². The molecule has 0 aliphatic carbocycles. The number of benzene rings is 1. The van der Waals surface area contributed by atoms with Crippen LogP contribution in [0.5, 0.6) is 0 Å². The minimum absolute atomic E-state index is 0.202. The Bertz CT molecular complexity index is 769. The first-order chi connectivity index (χ1) is 11.6. The maximum Gasteiger partial charge on any atom is 0.247 e. The van der Waals surface area contributed by atoms with Gasteiger partial charge < -0.3 is 10.2 Å². The van der Waals surface area contributed by atoms with Crippen molar-refractivity contribution in [2.45, 2.75) is 25.8 Å². The molecule has 1 aromatic carbocycles. The van der Waals surface area contributed by atoms with E-state index in [0.717, 1.165) is 17.5 Å². The molecule has 1 atom stereocenters. The number of nitrogens with one attached hydrogen (secondary N) is 2. The number of carbonyl (C=O) groups is 2. The molecule has 24 heavy (non-hydrogen) atoms. The Morgan fingerprint density at radius 3 is 3.00 bits per heavy atom. The van der Waals surface area contributed by atoms with Gasteiger partial charge in [0, 0.05) is 12.1 Å². The van der Waals surface area contributed by atoms with Crippen molar-refractivity contribution in [2.24, 2.45) is 0 Å². The summed E-state index contributed by atoms with van der Waals surface area (Å²) >= 11 is 0. The number of H-pyrrole nitrogens is 1. The second kappa shape index (κ2) is 6.66. The molecule has 1 aliphatic rings. The normalized spacial score (nSPS) is 16.9. The number of carbonyl (C=O) groups excluding carboxylic acids is 2. The molecule has 0 saturated carbocycles. The lowest BCUT2D eigenvalue weighted by Crippen LogP contribution is -2.42. The zero-order chi connectivity index (χ0) is 17.1. The first-order valence-electron chi connectivity index (χ1n) is 7.80. The van der Waals surface area contributed by atoms with Gasteiger partial charge in [0.15, 0.2) is 5.82 Å². The topological polar surface area (TPSA) is 91.0 Å². The van der Waals surface area contributed by atoms with Crippen LogP contribution in [0.1, 0.15) is 18.4 Å². The first kappa shape index (κ1) is 15.9. The summed E-state index contributed by atoms with van der Waals surface area (Å²) in [6, 6.07) is 5.20. The summed E-state index contributed by atoms with van der Waals surface area (Å²) in [4.78, 5) is 30.3. The van der Waals surface area contributed by atoms with Crippen molar-refractivity contribution in [3.05, 3.63) is 42.7 Å². The third kappa shape index (κ3) is 3.05. The van der Waals surface area contributed by atoms with Crippen molar-refractivity contribution in [1.82, 2.24) is 20.1 Å². The number of rotatable bonds is 4. The minimum Gasteiger partial charge on any atom is -0.327 e. The van der Waals surface area contributed by atoms with Gasteiger partial charge in [-0.05, 0) is 38.0 Å². The molecule has 1 aliphatic heterocycles. The zero-order valence-corrected chi connectivity index (χ0v) is 13.5. The van der Waals surface area contributed by atoms with Crippen LogP contribution in [0.4, 0.5) is 5.69 Å². The van der Waals surface area contributed by atoms with Gasteiger partial charge in [-0.3, -0.25) is 14.7 Å². The molecule has 2 heterocycles. The lowest BCUT2D eigenvalue weighted by atomic mass is 10.1. The number of aromatic nitrogens is 3. The second-order valence-electron chi connectivity index (χ2n) is 5.77. The van der Waals surface area contributed by atoms with Crippen molar-refractivity contribution < 1.29 is 9.59 Å². The van der Waals surface area contributed by atoms with Gasteiger partial charge in [0.2, 0.25) is 11.8 Å². The number of hydrogen-bond donors (Lipinski definition) is 2. The summed E-state index contributed by atoms with van der Waals surface area (Å²) in [5, 5.41) is 9.59. The van der Waals surface area contributed by atoms with Crippen molar-refractivity contribution in [2.75, 3.05) is 11.9 Å². The fourth-order valence-electron chi connectivity index (χ4n) is 2.93. The largest absolute Gasteiger partial charge is 0.327 e. The zero-order valence-electron chi connectivity index (χ0n) is 13.5. The molecule has 2 aromatic rings. The molecular formula is C17H19N5O2. The van der Waals surface area contributed by atoms with E-state index in [9.17, 15) is 9.59 Å². The summed E-state index contributed by atoms with van der Waals surface area (Å²) < 4.78 is 0. The van der Waals surface area contributed by atoms with Crippen LogP contribution >= 0.6 is 0 Å². The van der Waals surface area contributed by atoms with Gasteiger partial charge in [-0.15, -0.1) is 0 Å². The monoisotopic (exact) mass is 325 g/mol. The van der Waals surface area contributed by atoms with E-state index in [4.69, 9.17) is 0 Å². The molecule has 2 amide bonds. The lowest BCUT2D eigenvalue weighted by molar-refractivity contribution is -0.132. The van der Waals surface area contributed by atoms with Crippen molar-refractivity contribution in [3.63, 3.8) is 0 Å². The summed E-state index contributed by atoms with van der Waals surface area (Å²) in [5.74, 6) is 0.166. The average molecular weight is 325 g/mol. The highest BCUT2D eigenvalue weighted by molar-refractivity contribution is 6.01. The van der Waals surface area contributed by atoms with E-state index in [0.29, 0.717) is 24.5 Å². The van der Waals surface area contributed by atoms with Crippen molar-refractivity contribution in [3.8, 4) is 11.4 Å². The maximum atomic E-state index is 12.7. The van der Waals surface area contributed by atoms with Crippen molar-refractivity contribution in [1.29, 1.82) is 0 Å². The summed E-state index contributed by atoms with van der Waals surface area (Å²) in [6.07, 6.45) is 4.12. The van der Waals surface area contributed by atoms with E-state index in [1.165, 1.54) is 12.4 Å². The second-order valence-corrected chi connectivity index (χ2v) is 5.77. The Morgan fingerprint density at radius 1 is 1.46 bits per heavy atom. The molecule has 1 fully saturated rings. The maximum absolute atomic E-state index is 12.7. The molecule has 1 aromatic heterocycles. The molecule has 0 spiro atoms. The standard InChI is InChI=1S/C17H19N5O2/c1-3-15(23)22-8-4-5-14(22)17(24)20-13-7-6-11(2)9-12(13)16-18-10-19-21-16/h3,6-7,9-10,14H,1,4-5,8H2,2H3,(H,20,24)(H,18,19,21). The Hall–Kier alpha value is -2.96. The summed E-state index contributed by atoms with van der Waals surface area (Å²) in [6.45, 7) is 6.04. The highest BCUT2D eigenvalue weighted by Gasteiger charge is 2.33. The van der Waals surface area contributed by atoms with Crippen molar-refractivity contribution >= 4 is 17.5 Å². The van der Waals surface area contributed by atoms with E-state index in [1.54, 1.807) is 4.90 Å². The van der Waals surface area contributed by atoms with Crippen LogP contribution in [0.25, 0.3) is 11.4 Å². The van der Waals surface area contributed by atoms with E-state index in [-0.39, 0.29) is 11.8 Å². The Kier molecular flexibility index (Phi) is 4.41. The van der Waals surface area contributed by atoms with Gasteiger partial charge >= 0.3 is 0 Å². The van der Waals surface area contributed by atoms with Gasteiger partial charge in [-0.25, -0.2) is 4.98 Å². The number of amides is 2. The average Bonchev–Trinajstić information content (AvgIpc) is 3.27. The first-order valence-corrected chi connectivity index (χ1v) is 7.80. The number of anilines is 1. The van der Waals surface area contributed by atoms with Gasteiger partial charge in [-0.2, -0.15) is 5.10 Å². The number of likely N-dealkylation sites (tertiary alicyclic amines) is 1. The van der Waals surface area contributed by atoms with Gasteiger partial charge in [0.25, 0.3) is 0 Å². The van der Waals surface area contributed by atoms with Gasteiger partial charge in [0.1, 0.15) is 12.4 Å². The molecule has 1 unspecified atom stereocenters. The van der Waals surface area contributed by atoms with Crippen LogP contribution < -0.4 is 5.32 Å². The third-order valence-corrected chi connectivity index (χ3v) is 4.12. The Balaban J connectivity index is 1.85. The highest BCUT2D eigenvalue weighted by atomic mass is 16.2. The molecule has 3 rings (SSSR count). The summed E-state index contributed by atoms with van der Waals surface area (Å²) in [5.41, 5.74) is 2.45. The quantitative estimate of drug-likeness (QED) is 0.840. The molecule has 0 bridgehead atoms. The fraction of sp³-hybridized carbons (Fsp3) is 0.294. The number of hydrogen-bond acceptors (Lipinski definition) is 4. The Labute approximate surface area is 139 Å². The van der Waals surface area contributed by atoms with Crippen LogP contribution in [-0.2, 0) is 9.59 Å². The smallest absolute Gasteiger partial charge is 0.247 e. The van der Waals surface area contributed by atoms with E-state index < -0.39 is 6.04 Å². The minimum atomic E-state index is -0.473. The molecule has 1 saturated heterocycles. The highest BCUT2D eigenvalue weighted by Crippen LogP contribution is 2.27. The SMILES string of the molecule is C=CC(=O)N1CCCC1C(=O)Nc1ccc(C)cc1-c1ncn[nH]1. The number of aromatic amines is 1. The van der Waals surface area contributed by atoms with E-state index in [1.807, 2.05) is 25.1 Å². The predicted octanol–water partition coefficient (Wildman–Crippen LogP) is 1.90. The summed E-state index contributed by atoms with van der Waals surface area (Å²) in [7, 11) is 0. The van der Waals surface area contributed by atoms with Crippen LogP contribution in [-0.4, -0.2) is 44.5 Å². The van der Waals surface area contributed by atoms with Crippen LogP contribution in [0, 0.1) is 6.92 Å². The molecule has 7 heteroatoms. The van der Waals surface area contributed by atoms with Crippen LogP contribution in [0.15, 0.2) is 37.2 Å². The third-order valence-electron chi connectivity index (χ3n) is 4.12. The molecule has 2 N–H and O–H groups in total. The lowest BCUT2D eigenvalue weighted by Gasteiger charge is -2.23. The van der Waals surface area contributed by atoms with Crippen LogP contribution in [0.3, 0.4) is 0 Å². The van der Waals surface area contributed by atoms with Crippen LogP contribution in [0.2, 0.25) is 0 Å². The van der Waals surface area contributed by atoms with Gasteiger partial charge in [-0.1, -0.05) is 18.2 Å².